The van der Waals surface area contributed by atoms with Gasteiger partial charge in [0.2, 0.25) is 11.8 Å². The maximum atomic E-state index is 13.7. The molecule has 3 aliphatic heterocycles. The number of nitrogens with zero attached hydrogens (tertiary/aromatic N) is 3. The number of carbonyl (C=O) groups is 3. The number of ether oxygens (including phenoxy) is 1. The van der Waals surface area contributed by atoms with Gasteiger partial charge < -0.3 is 36.0 Å². The Bertz CT molecular complexity index is 1690. The molecule has 12 nitrogen and oxygen atoms in total. The molecule has 4 atom stereocenters. The molecule has 2 saturated heterocycles. The number of aromatic nitrogens is 1. The predicted octanol–water partition coefficient (Wildman–Crippen LogP) is 3.07. The fourth-order valence-electron chi connectivity index (χ4n) is 5.90. The Labute approximate surface area is 269 Å². The number of hydrogen-bond acceptors (Lipinski definition) is 9. The van der Waals surface area contributed by atoms with Crippen LogP contribution in [0, 0.1) is 5.92 Å². The number of amides is 3. The zero-order valence-electron chi connectivity index (χ0n) is 24.2. The van der Waals surface area contributed by atoms with Gasteiger partial charge in [-0.25, -0.2) is 4.98 Å². The summed E-state index contributed by atoms with van der Waals surface area (Å²) in [6.07, 6.45) is 2.00. The van der Waals surface area contributed by atoms with Crippen LogP contribution in [-0.4, -0.2) is 71.2 Å². The van der Waals surface area contributed by atoms with Crippen LogP contribution in [0.15, 0.2) is 60.9 Å². The van der Waals surface area contributed by atoms with Crippen molar-refractivity contribution < 1.29 is 24.2 Å². The predicted molar refractivity (Wildman–Crippen MR) is 170 cm³/mol. The van der Waals surface area contributed by atoms with Crippen molar-refractivity contribution in [2.45, 2.75) is 25.3 Å². The molecule has 2 aromatic carbocycles. The van der Waals surface area contributed by atoms with E-state index in [1.54, 1.807) is 17.2 Å². The number of anilines is 2. The highest BCUT2D eigenvalue weighted by atomic mass is 35.5. The highest BCUT2D eigenvalue weighted by Crippen LogP contribution is 2.41. The Hall–Kier alpha value is -4.36. The van der Waals surface area contributed by atoms with Crippen LogP contribution in [0.25, 0.3) is 5.57 Å². The molecule has 14 heteroatoms. The standard InChI is InChI=1S/C31H31Cl2N7O5/c1-16-15-45-8-7-40(16)24-11-23(22(33)12-35-24)36-25(41)14-39-13-20(18-9-19(28(34)43)27(42)21(32)10-18)26-30(39)37-29(38-31(26)44)17-5-3-2-4-6-17/h2-6,9-13,16,26,29-30,37,42H,7-8,14-15H2,1H3,(H2,34,43)(H,38,44)(H,35,36,41)/t16-,26?,29?,30?/m0/s1. The number of nitrogens with two attached hydrogens (primary N) is 1. The monoisotopic (exact) mass is 651 g/mol. The van der Waals surface area contributed by atoms with Gasteiger partial charge in [0.15, 0.2) is 0 Å². The van der Waals surface area contributed by atoms with Crippen LogP contribution in [0.1, 0.15) is 34.6 Å². The van der Waals surface area contributed by atoms with Gasteiger partial charge in [0.1, 0.15) is 17.7 Å². The topological polar surface area (TPSA) is 162 Å². The maximum absolute atomic E-state index is 13.7. The highest BCUT2D eigenvalue weighted by Gasteiger charge is 2.46. The number of phenols is 1. The van der Waals surface area contributed by atoms with Gasteiger partial charge in [-0.3, -0.25) is 19.7 Å². The SMILES string of the molecule is C[C@H]1COCCN1c1cc(NC(=O)CN2C=C(c3cc(Cl)c(O)c(C(N)=O)c3)C3C(=O)NC(c4ccccc4)NC32)c(Cl)cn1. The fourth-order valence-corrected chi connectivity index (χ4v) is 6.27. The molecule has 3 amide bonds. The van der Waals surface area contributed by atoms with Crippen LogP contribution in [-0.2, 0) is 14.3 Å². The molecule has 0 aliphatic carbocycles. The molecule has 0 radical (unpaired) electrons. The van der Waals surface area contributed by atoms with Crippen LogP contribution in [0.2, 0.25) is 10.0 Å². The van der Waals surface area contributed by atoms with Crippen LogP contribution >= 0.6 is 23.2 Å². The summed E-state index contributed by atoms with van der Waals surface area (Å²) >= 11 is 12.7. The molecule has 6 N–H and O–H groups in total. The van der Waals surface area contributed by atoms with E-state index in [0.717, 1.165) is 5.56 Å². The number of hydrogen-bond donors (Lipinski definition) is 5. The lowest BCUT2D eigenvalue weighted by Crippen LogP contribution is -2.60. The molecule has 2 fully saturated rings. The van der Waals surface area contributed by atoms with Crippen LogP contribution in [0.4, 0.5) is 11.5 Å². The molecule has 3 aromatic rings. The number of benzene rings is 2. The van der Waals surface area contributed by atoms with Crippen LogP contribution in [0.3, 0.4) is 0 Å². The molecule has 6 rings (SSSR count). The van der Waals surface area contributed by atoms with E-state index in [1.165, 1.54) is 18.3 Å². The average Bonchev–Trinajstić information content (AvgIpc) is 3.38. The number of aromatic hydroxyl groups is 1. The van der Waals surface area contributed by atoms with Crippen molar-refractivity contribution in [2.75, 3.05) is 36.5 Å². The minimum absolute atomic E-state index is 0.0981. The first kappa shape index (κ1) is 30.7. The number of carbonyl (C=O) groups excluding carboxylic acids is 3. The van der Waals surface area contributed by atoms with Crippen molar-refractivity contribution >= 4 is 58.0 Å². The number of primary amides is 1. The summed E-state index contributed by atoms with van der Waals surface area (Å²) in [5.41, 5.74) is 7.42. The van der Waals surface area contributed by atoms with Crippen LogP contribution in [0.5, 0.6) is 5.75 Å². The van der Waals surface area contributed by atoms with E-state index in [0.29, 0.717) is 42.4 Å². The first-order chi connectivity index (χ1) is 21.6. The van der Waals surface area contributed by atoms with Gasteiger partial charge in [-0.15, -0.1) is 0 Å². The molecule has 1 aromatic heterocycles. The van der Waals surface area contributed by atoms with Crippen molar-refractivity contribution in [3.05, 3.63) is 87.7 Å². The quantitative estimate of drug-likeness (QED) is 0.258. The van der Waals surface area contributed by atoms with Gasteiger partial charge in [-0.2, -0.15) is 0 Å². The van der Waals surface area contributed by atoms with Crippen molar-refractivity contribution in [3.63, 3.8) is 0 Å². The Morgan fingerprint density at radius 1 is 1.18 bits per heavy atom. The third kappa shape index (κ3) is 6.14. The zero-order chi connectivity index (χ0) is 31.8. The van der Waals surface area contributed by atoms with E-state index in [4.69, 9.17) is 33.7 Å². The molecule has 3 unspecified atom stereocenters. The number of morpholine rings is 1. The Kier molecular flexibility index (Phi) is 8.56. The van der Waals surface area contributed by atoms with E-state index in [1.807, 2.05) is 37.3 Å². The Morgan fingerprint density at radius 2 is 1.96 bits per heavy atom. The summed E-state index contributed by atoms with van der Waals surface area (Å²) in [4.78, 5) is 47.5. The number of nitrogens with one attached hydrogen (secondary N) is 3. The third-order valence-electron chi connectivity index (χ3n) is 8.12. The molecule has 0 bridgehead atoms. The molecular weight excluding hydrogens is 621 g/mol. The van der Waals surface area contributed by atoms with Gasteiger partial charge in [-0.05, 0) is 35.8 Å². The lowest BCUT2D eigenvalue weighted by Gasteiger charge is -2.39. The number of rotatable bonds is 7. The van der Waals surface area contributed by atoms with Crippen LogP contribution < -0.4 is 26.6 Å². The van der Waals surface area contributed by atoms with Gasteiger partial charge >= 0.3 is 0 Å². The second kappa shape index (κ2) is 12.6. The molecule has 4 heterocycles. The number of fused-ring (bicyclic) bond motifs is 1. The van der Waals surface area contributed by atoms with Crippen molar-refractivity contribution in [2.24, 2.45) is 11.7 Å². The summed E-state index contributed by atoms with van der Waals surface area (Å²) in [5.74, 6) is -2.13. The first-order valence-corrected chi connectivity index (χ1v) is 15.1. The number of halogens is 2. The largest absolute Gasteiger partial charge is 0.506 e. The van der Waals surface area contributed by atoms with Gasteiger partial charge in [0.05, 0.1) is 65.4 Å². The second-order valence-electron chi connectivity index (χ2n) is 11.1. The van der Waals surface area contributed by atoms with E-state index >= 15 is 0 Å². The van der Waals surface area contributed by atoms with Gasteiger partial charge in [0, 0.05) is 18.8 Å². The molecule has 0 saturated carbocycles. The lowest BCUT2D eigenvalue weighted by atomic mass is 9.89. The minimum Gasteiger partial charge on any atom is -0.506 e. The summed E-state index contributed by atoms with van der Waals surface area (Å²) in [6.45, 7) is 3.67. The van der Waals surface area contributed by atoms with Crippen molar-refractivity contribution in [1.82, 2.24) is 20.5 Å². The molecular formula is C31H31Cl2N7O5. The van der Waals surface area contributed by atoms with Gasteiger partial charge in [0.25, 0.3) is 5.91 Å². The average molecular weight is 653 g/mol. The molecule has 3 aliphatic rings. The summed E-state index contributed by atoms with van der Waals surface area (Å²) in [6, 6.07) is 14.1. The Morgan fingerprint density at radius 3 is 2.69 bits per heavy atom. The summed E-state index contributed by atoms with van der Waals surface area (Å²) in [7, 11) is 0. The van der Waals surface area contributed by atoms with E-state index < -0.39 is 29.9 Å². The minimum atomic E-state index is -0.877. The van der Waals surface area contributed by atoms with Gasteiger partial charge in [-0.1, -0.05) is 53.5 Å². The molecule has 234 valence electrons. The second-order valence-corrected chi connectivity index (χ2v) is 11.9. The Balaban J connectivity index is 1.30. The van der Waals surface area contributed by atoms with Crippen molar-refractivity contribution in [3.8, 4) is 5.75 Å². The maximum Gasteiger partial charge on any atom is 0.252 e. The summed E-state index contributed by atoms with van der Waals surface area (Å²) in [5, 5.41) is 19.8. The zero-order valence-corrected chi connectivity index (χ0v) is 25.7. The molecule has 45 heavy (non-hydrogen) atoms. The first-order valence-electron chi connectivity index (χ1n) is 14.3. The normalized spacial score (nSPS) is 22.8. The van der Waals surface area contributed by atoms with E-state index in [-0.39, 0.29) is 40.0 Å². The van der Waals surface area contributed by atoms with E-state index in [2.05, 4.69) is 25.8 Å². The fraction of sp³-hybridized carbons (Fsp3) is 0.290. The van der Waals surface area contributed by atoms with E-state index in [9.17, 15) is 19.5 Å². The third-order valence-corrected chi connectivity index (χ3v) is 8.71. The summed E-state index contributed by atoms with van der Waals surface area (Å²) < 4.78 is 5.53. The molecule has 0 spiro atoms. The smallest absolute Gasteiger partial charge is 0.252 e. The van der Waals surface area contributed by atoms with Crippen molar-refractivity contribution in [1.29, 1.82) is 0 Å². The lowest BCUT2D eigenvalue weighted by molar-refractivity contribution is -0.130. The highest BCUT2D eigenvalue weighted by molar-refractivity contribution is 6.33. The number of pyridine rings is 1.